The molecule has 0 saturated carbocycles. The van der Waals surface area contributed by atoms with Crippen LogP contribution in [0.4, 0.5) is 0 Å². The molecule has 0 spiro atoms. The van der Waals surface area contributed by atoms with Gasteiger partial charge in [0.1, 0.15) is 6.79 Å². The van der Waals surface area contributed by atoms with Crippen molar-refractivity contribution in [3.63, 3.8) is 0 Å². The number of hydrogen-bond donors (Lipinski definition) is 1. The second-order valence-corrected chi connectivity index (χ2v) is 4.06. The summed E-state index contributed by atoms with van der Waals surface area (Å²) >= 11 is 1.72. The molecule has 1 rings (SSSR count). The predicted octanol–water partition coefficient (Wildman–Crippen LogP) is 2.79. The molecule has 1 atom stereocenters. The van der Waals surface area contributed by atoms with E-state index in [1.807, 2.05) is 18.2 Å². The van der Waals surface area contributed by atoms with Crippen molar-refractivity contribution in [2.24, 2.45) is 0 Å². The summed E-state index contributed by atoms with van der Waals surface area (Å²) in [5.74, 6) is 0.546. The molecule has 1 aromatic carbocycles. The summed E-state index contributed by atoms with van der Waals surface area (Å²) in [5.41, 5.74) is 1.32. The van der Waals surface area contributed by atoms with Gasteiger partial charge in [-0.25, -0.2) is 0 Å². The van der Waals surface area contributed by atoms with Crippen LogP contribution in [-0.2, 0) is 4.74 Å². The molecule has 0 aliphatic heterocycles. The standard InChI is InChI=1S/C11H16O2S/c1-2-11(14-9-13-8-12)10-6-4-3-5-7-10/h3-7,11-12H,2,8-9H2,1H3. The van der Waals surface area contributed by atoms with Gasteiger partial charge >= 0.3 is 0 Å². The van der Waals surface area contributed by atoms with Crippen molar-refractivity contribution in [2.45, 2.75) is 18.6 Å². The number of benzene rings is 1. The zero-order chi connectivity index (χ0) is 10.2. The highest BCUT2D eigenvalue weighted by Crippen LogP contribution is 2.31. The smallest absolute Gasteiger partial charge is 0.144 e. The minimum absolute atomic E-state index is 0.196. The molecule has 0 heterocycles. The first-order chi connectivity index (χ1) is 6.88. The van der Waals surface area contributed by atoms with Gasteiger partial charge in [0.05, 0.1) is 5.94 Å². The second-order valence-electron chi connectivity index (χ2n) is 2.93. The molecule has 0 amide bonds. The van der Waals surface area contributed by atoms with E-state index in [-0.39, 0.29) is 6.79 Å². The Morgan fingerprint density at radius 3 is 2.64 bits per heavy atom. The minimum atomic E-state index is -0.196. The number of hydrogen-bond acceptors (Lipinski definition) is 3. The summed E-state index contributed by atoms with van der Waals surface area (Å²) < 4.78 is 4.91. The second kappa shape index (κ2) is 6.87. The molecule has 2 nitrogen and oxygen atoms in total. The molecule has 1 aromatic rings. The van der Waals surface area contributed by atoms with Gasteiger partial charge in [0.25, 0.3) is 0 Å². The van der Waals surface area contributed by atoms with Gasteiger partial charge in [0.15, 0.2) is 0 Å². The lowest BCUT2D eigenvalue weighted by Gasteiger charge is -2.14. The van der Waals surface area contributed by atoms with Gasteiger partial charge in [0, 0.05) is 5.25 Å². The van der Waals surface area contributed by atoms with Crippen molar-refractivity contribution in [1.82, 2.24) is 0 Å². The first-order valence-corrected chi connectivity index (χ1v) is 5.78. The lowest BCUT2D eigenvalue weighted by atomic mass is 10.1. The normalized spacial score (nSPS) is 12.7. The van der Waals surface area contributed by atoms with Gasteiger partial charge < -0.3 is 9.84 Å². The molecular weight excluding hydrogens is 196 g/mol. The number of aliphatic hydroxyl groups excluding tert-OH is 1. The first-order valence-electron chi connectivity index (χ1n) is 4.73. The van der Waals surface area contributed by atoms with E-state index in [1.54, 1.807) is 11.8 Å². The van der Waals surface area contributed by atoms with Gasteiger partial charge in [-0.1, -0.05) is 37.3 Å². The Morgan fingerprint density at radius 2 is 2.07 bits per heavy atom. The summed E-state index contributed by atoms with van der Waals surface area (Å²) in [5, 5.41) is 8.95. The van der Waals surface area contributed by atoms with E-state index in [1.165, 1.54) is 5.56 Å². The quantitative estimate of drug-likeness (QED) is 0.581. The van der Waals surface area contributed by atoms with Gasteiger partial charge in [-0.3, -0.25) is 0 Å². The highest BCUT2D eigenvalue weighted by Gasteiger charge is 2.08. The zero-order valence-electron chi connectivity index (χ0n) is 8.35. The Kier molecular flexibility index (Phi) is 5.68. The fraction of sp³-hybridized carbons (Fsp3) is 0.455. The van der Waals surface area contributed by atoms with E-state index in [9.17, 15) is 0 Å². The third-order valence-corrected chi connectivity index (χ3v) is 3.30. The van der Waals surface area contributed by atoms with Crippen LogP contribution in [-0.4, -0.2) is 17.8 Å². The van der Waals surface area contributed by atoms with Crippen LogP contribution in [0.3, 0.4) is 0 Å². The van der Waals surface area contributed by atoms with E-state index in [4.69, 9.17) is 9.84 Å². The van der Waals surface area contributed by atoms with Crippen LogP contribution in [0.5, 0.6) is 0 Å². The van der Waals surface area contributed by atoms with Gasteiger partial charge in [0.2, 0.25) is 0 Å². The van der Waals surface area contributed by atoms with Crippen LogP contribution >= 0.6 is 11.8 Å². The van der Waals surface area contributed by atoms with Crippen molar-refractivity contribution in [3.05, 3.63) is 35.9 Å². The maximum absolute atomic E-state index is 8.49. The molecular formula is C11H16O2S. The average molecular weight is 212 g/mol. The highest BCUT2D eigenvalue weighted by atomic mass is 32.2. The maximum Gasteiger partial charge on any atom is 0.144 e. The summed E-state index contributed by atoms with van der Waals surface area (Å²) in [4.78, 5) is 0. The number of rotatable bonds is 6. The monoisotopic (exact) mass is 212 g/mol. The molecule has 0 aliphatic carbocycles. The van der Waals surface area contributed by atoms with Crippen LogP contribution in [0.25, 0.3) is 0 Å². The summed E-state index contributed by atoms with van der Waals surface area (Å²) in [6.07, 6.45) is 1.07. The molecule has 0 aliphatic rings. The molecule has 78 valence electrons. The van der Waals surface area contributed by atoms with Gasteiger partial charge in [-0.15, -0.1) is 11.8 Å². The number of thioether (sulfide) groups is 1. The fourth-order valence-corrected chi connectivity index (χ4v) is 2.21. The van der Waals surface area contributed by atoms with E-state index in [0.29, 0.717) is 11.2 Å². The van der Waals surface area contributed by atoms with E-state index in [0.717, 1.165) is 6.42 Å². The minimum Gasteiger partial charge on any atom is -0.371 e. The highest BCUT2D eigenvalue weighted by molar-refractivity contribution is 7.99. The van der Waals surface area contributed by atoms with Crippen LogP contribution in [0.2, 0.25) is 0 Å². The largest absolute Gasteiger partial charge is 0.371 e. The Balaban J connectivity index is 2.46. The van der Waals surface area contributed by atoms with Crippen LogP contribution in [0.15, 0.2) is 30.3 Å². The van der Waals surface area contributed by atoms with Crippen molar-refractivity contribution in [3.8, 4) is 0 Å². The molecule has 0 fully saturated rings. The lowest BCUT2D eigenvalue weighted by Crippen LogP contribution is -1.97. The summed E-state index contributed by atoms with van der Waals surface area (Å²) in [7, 11) is 0. The van der Waals surface area contributed by atoms with Crippen LogP contribution in [0.1, 0.15) is 24.2 Å². The molecule has 0 bridgehead atoms. The van der Waals surface area contributed by atoms with Crippen molar-refractivity contribution in [2.75, 3.05) is 12.7 Å². The topological polar surface area (TPSA) is 29.5 Å². The van der Waals surface area contributed by atoms with Crippen molar-refractivity contribution < 1.29 is 9.84 Å². The Bertz CT molecular complexity index is 238. The SMILES string of the molecule is CCC(SCOCO)c1ccccc1. The molecule has 0 saturated heterocycles. The van der Waals surface area contributed by atoms with Crippen LogP contribution in [0, 0.1) is 0 Å². The van der Waals surface area contributed by atoms with E-state index < -0.39 is 0 Å². The van der Waals surface area contributed by atoms with E-state index in [2.05, 4.69) is 19.1 Å². The third-order valence-electron chi connectivity index (χ3n) is 1.99. The molecule has 0 aromatic heterocycles. The number of aliphatic hydroxyl groups is 1. The van der Waals surface area contributed by atoms with E-state index >= 15 is 0 Å². The summed E-state index contributed by atoms with van der Waals surface area (Å²) in [6.45, 7) is 1.96. The van der Waals surface area contributed by atoms with Gasteiger partial charge in [-0.05, 0) is 12.0 Å². The van der Waals surface area contributed by atoms with Gasteiger partial charge in [-0.2, -0.15) is 0 Å². The fourth-order valence-electron chi connectivity index (χ4n) is 1.28. The Labute approximate surface area is 89.3 Å². The predicted molar refractivity (Wildman–Crippen MR) is 60.1 cm³/mol. The first kappa shape index (κ1) is 11.6. The summed E-state index contributed by atoms with van der Waals surface area (Å²) in [6, 6.07) is 10.4. The molecule has 1 N–H and O–H groups in total. The van der Waals surface area contributed by atoms with Crippen LogP contribution < -0.4 is 0 Å². The average Bonchev–Trinajstić information content (AvgIpc) is 2.26. The van der Waals surface area contributed by atoms with Crippen molar-refractivity contribution in [1.29, 1.82) is 0 Å². The molecule has 3 heteroatoms. The Hall–Kier alpha value is -0.510. The Morgan fingerprint density at radius 1 is 1.36 bits per heavy atom. The zero-order valence-corrected chi connectivity index (χ0v) is 9.17. The molecule has 0 radical (unpaired) electrons. The van der Waals surface area contributed by atoms with Crippen molar-refractivity contribution >= 4 is 11.8 Å². The third kappa shape index (κ3) is 3.70. The molecule has 1 unspecified atom stereocenters. The maximum atomic E-state index is 8.49. The number of ether oxygens (including phenoxy) is 1. The molecule has 14 heavy (non-hydrogen) atoms. The lowest BCUT2D eigenvalue weighted by molar-refractivity contribution is 0.0239.